The van der Waals surface area contributed by atoms with Crippen LogP contribution in [0.2, 0.25) is 0 Å². The minimum atomic E-state index is -0.00995. The third-order valence-corrected chi connectivity index (χ3v) is 6.65. The van der Waals surface area contributed by atoms with E-state index in [4.69, 9.17) is 0 Å². The fourth-order valence-electron chi connectivity index (χ4n) is 4.88. The number of nitrogens with one attached hydrogen (secondary N) is 1. The molecule has 3 fully saturated rings. The first-order valence-corrected chi connectivity index (χ1v) is 10.4. The van der Waals surface area contributed by atoms with Gasteiger partial charge in [-0.3, -0.25) is 4.79 Å². The first-order valence-electron chi connectivity index (χ1n) is 10.4. The summed E-state index contributed by atoms with van der Waals surface area (Å²) in [4.78, 5) is 32.2. The number of rotatable bonds is 4. The van der Waals surface area contributed by atoms with E-state index in [0.717, 1.165) is 58.5 Å². The molecule has 0 radical (unpaired) electrons. The highest BCUT2D eigenvalue weighted by Gasteiger charge is 2.53. The van der Waals surface area contributed by atoms with Gasteiger partial charge in [-0.2, -0.15) is 0 Å². The minimum Gasteiger partial charge on any atom is -0.340 e. The van der Waals surface area contributed by atoms with Gasteiger partial charge in [-0.05, 0) is 32.2 Å². The molecule has 0 aromatic heterocycles. The van der Waals surface area contributed by atoms with Crippen LogP contribution in [0, 0.1) is 17.3 Å². The monoisotopic (exact) mass is 364 g/mol. The van der Waals surface area contributed by atoms with Gasteiger partial charge in [-0.25, -0.2) is 4.79 Å². The number of likely N-dealkylation sites (tertiary alicyclic amines) is 1. The van der Waals surface area contributed by atoms with Gasteiger partial charge in [-0.1, -0.05) is 26.7 Å². The van der Waals surface area contributed by atoms with E-state index < -0.39 is 0 Å². The topological polar surface area (TPSA) is 55.9 Å². The van der Waals surface area contributed by atoms with Crippen molar-refractivity contribution >= 4 is 11.9 Å². The Morgan fingerprint density at radius 2 is 1.73 bits per heavy atom. The molecule has 2 saturated heterocycles. The summed E-state index contributed by atoms with van der Waals surface area (Å²) in [5.41, 5.74) is 0.0236. The van der Waals surface area contributed by atoms with Gasteiger partial charge in [0, 0.05) is 51.2 Å². The van der Waals surface area contributed by atoms with Gasteiger partial charge in [0.2, 0.25) is 5.91 Å². The SMILES string of the molecule is CC(C)CCNC(=O)N1CC(C(=O)N2CCN(C)CC2)C2(CCCC2)C1. The summed E-state index contributed by atoms with van der Waals surface area (Å²) in [6, 6.07) is 0.0191. The molecule has 6 nitrogen and oxygen atoms in total. The van der Waals surface area contributed by atoms with Crippen LogP contribution in [0.25, 0.3) is 0 Å². The van der Waals surface area contributed by atoms with E-state index in [1.807, 2.05) is 9.80 Å². The van der Waals surface area contributed by atoms with Gasteiger partial charge >= 0.3 is 6.03 Å². The second-order valence-corrected chi connectivity index (χ2v) is 9.05. The van der Waals surface area contributed by atoms with Gasteiger partial charge in [0.25, 0.3) is 0 Å². The number of carbonyl (C=O) groups excluding carboxylic acids is 2. The fourth-order valence-corrected chi connectivity index (χ4v) is 4.88. The lowest BCUT2D eigenvalue weighted by Crippen LogP contribution is -2.51. The summed E-state index contributed by atoms with van der Waals surface area (Å²) in [5, 5.41) is 3.06. The first kappa shape index (κ1) is 19.5. The van der Waals surface area contributed by atoms with Crippen molar-refractivity contribution in [3.63, 3.8) is 0 Å². The van der Waals surface area contributed by atoms with Crippen molar-refractivity contribution in [3.05, 3.63) is 0 Å². The van der Waals surface area contributed by atoms with E-state index in [1.54, 1.807) is 0 Å². The predicted molar refractivity (Wildman–Crippen MR) is 103 cm³/mol. The maximum atomic E-state index is 13.3. The van der Waals surface area contributed by atoms with Gasteiger partial charge in [-0.15, -0.1) is 0 Å². The third kappa shape index (κ3) is 4.16. The summed E-state index contributed by atoms with van der Waals surface area (Å²) < 4.78 is 0. The van der Waals surface area contributed by atoms with Crippen molar-refractivity contribution in [2.24, 2.45) is 17.3 Å². The quantitative estimate of drug-likeness (QED) is 0.830. The van der Waals surface area contributed by atoms with E-state index in [9.17, 15) is 9.59 Å². The number of hydrogen-bond donors (Lipinski definition) is 1. The van der Waals surface area contributed by atoms with Crippen molar-refractivity contribution < 1.29 is 9.59 Å². The van der Waals surface area contributed by atoms with E-state index in [2.05, 4.69) is 31.1 Å². The summed E-state index contributed by atoms with van der Waals surface area (Å²) >= 11 is 0. The highest BCUT2D eigenvalue weighted by atomic mass is 16.2. The Morgan fingerprint density at radius 3 is 2.35 bits per heavy atom. The van der Waals surface area contributed by atoms with Gasteiger partial charge < -0.3 is 20.0 Å². The zero-order valence-electron chi connectivity index (χ0n) is 16.8. The zero-order valence-corrected chi connectivity index (χ0v) is 16.8. The van der Waals surface area contributed by atoms with Crippen molar-refractivity contribution in [1.82, 2.24) is 20.0 Å². The summed E-state index contributed by atoms with van der Waals surface area (Å²) in [7, 11) is 2.11. The summed E-state index contributed by atoms with van der Waals surface area (Å²) in [5.74, 6) is 0.864. The Kier molecular flexibility index (Phi) is 6.10. The normalized spacial score (nSPS) is 26.1. The molecule has 1 N–H and O–H groups in total. The number of nitrogens with zero attached hydrogens (tertiary/aromatic N) is 3. The zero-order chi connectivity index (χ0) is 18.7. The van der Waals surface area contributed by atoms with Crippen LogP contribution in [0.4, 0.5) is 4.79 Å². The Hall–Kier alpha value is -1.30. The predicted octanol–water partition coefficient (Wildman–Crippen LogP) is 2.01. The van der Waals surface area contributed by atoms with E-state index in [-0.39, 0.29) is 23.3 Å². The number of carbonyl (C=O) groups is 2. The highest BCUT2D eigenvalue weighted by Crippen LogP contribution is 2.49. The standard InChI is InChI=1S/C20H36N4O2/c1-16(2)6-9-21-19(26)24-14-17(20(15-24)7-4-5-8-20)18(25)23-12-10-22(3)11-13-23/h16-17H,4-15H2,1-3H3,(H,21,26). The second kappa shape index (κ2) is 8.15. The van der Waals surface area contributed by atoms with Crippen LogP contribution in [0.3, 0.4) is 0 Å². The Morgan fingerprint density at radius 1 is 1.08 bits per heavy atom. The largest absolute Gasteiger partial charge is 0.340 e. The molecule has 0 aromatic rings. The van der Waals surface area contributed by atoms with Crippen molar-refractivity contribution in [1.29, 1.82) is 0 Å². The molecule has 1 spiro atoms. The molecule has 0 aromatic carbocycles. The lowest BCUT2D eigenvalue weighted by molar-refractivity contribution is -0.139. The molecule has 26 heavy (non-hydrogen) atoms. The smallest absolute Gasteiger partial charge is 0.317 e. The second-order valence-electron chi connectivity index (χ2n) is 9.05. The molecule has 1 saturated carbocycles. The van der Waals surface area contributed by atoms with E-state index in [1.165, 1.54) is 12.8 Å². The molecule has 1 aliphatic carbocycles. The molecule has 1 unspecified atom stereocenters. The summed E-state index contributed by atoms with van der Waals surface area (Å²) in [6.07, 6.45) is 5.55. The van der Waals surface area contributed by atoms with E-state index in [0.29, 0.717) is 12.5 Å². The van der Waals surface area contributed by atoms with Crippen LogP contribution in [0.5, 0.6) is 0 Å². The first-order chi connectivity index (χ1) is 12.4. The highest BCUT2D eigenvalue weighted by molar-refractivity contribution is 5.83. The molecule has 0 bridgehead atoms. The average molecular weight is 365 g/mol. The van der Waals surface area contributed by atoms with Gasteiger partial charge in [0.05, 0.1) is 5.92 Å². The molecular formula is C20H36N4O2. The van der Waals surface area contributed by atoms with Crippen LogP contribution in [-0.4, -0.2) is 79.5 Å². The Labute approximate surface area is 158 Å². The van der Waals surface area contributed by atoms with Gasteiger partial charge in [0.1, 0.15) is 0 Å². The van der Waals surface area contributed by atoms with Crippen molar-refractivity contribution in [3.8, 4) is 0 Å². The lowest BCUT2D eigenvalue weighted by Gasteiger charge is -2.37. The van der Waals surface area contributed by atoms with Crippen molar-refractivity contribution in [2.75, 3.05) is 52.9 Å². The molecule has 2 aliphatic heterocycles. The molecule has 2 heterocycles. The number of hydrogen-bond acceptors (Lipinski definition) is 3. The molecule has 6 heteroatoms. The van der Waals surface area contributed by atoms with Crippen LogP contribution < -0.4 is 5.32 Å². The van der Waals surface area contributed by atoms with Gasteiger partial charge in [0.15, 0.2) is 0 Å². The fraction of sp³-hybridized carbons (Fsp3) is 0.900. The number of amides is 3. The maximum absolute atomic E-state index is 13.3. The van der Waals surface area contributed by atoms with E-state index >= 15 is 0 Å². The average Bonchev–Trinajstić information content (AvgIpc) is 3.22. The number of piperazine rings is 1. The third-order valence-electron chi connectivity index (χ3n) is 6.65. The molecule has 148 valence electrons. The van der Waals surface area contributed by atoms with Crippen LogP contribution in [-0.2, 0) is 4.79 Å². The molecular weight excluding hydrogens is 328 g/mol. The maximum Gasteiger partial charge on any atom is 0.317 e. The molecule has 3 amide bonds. The summed E-state index contributed by atoms with van der Waals surface area (Å²) in [6.45, 7) is 9.95. The van der Waals surface area contributed by atoms with Crippen LogP contribution in [0.15, 0.2) is 0 Å². The molecule has 3 aliphatic rings. The minimum absolute atomic E-state index is 0.00995. The molecule has 1 atom stereocenters. The molecule has 3 rings (SSSR count). The number of likely N-dealkylation sites (N-methyl/N-ethyl adjacent to an activating group) is 1. The lowest BCUT2D eigenvalue weighted by atomic mass is 9.76. The van der Waals surface area contributed by atoms with Crippen LogP contribution in [0.1, 0.15) is 46.0 Å². The number of urea groups is 1. The van der Waals surface area contributed by atoms with Crippen LogP contribution >= 0.6 is 0 Å². The Bertz CT molecular complexity index is 508. The Balaban J connectivity index is 1.64. The van der Waals surface area contributed by atoms with Crippen molar-refractivity contribution in [2.45, 2.75) is 46.0 Å².